The van der Waals surface area contributed by atoms with Gasteiger partial charge in [0.25, 0.3) is 0 Å². The van der Waals surface area contributed by atoms with Gasteiger partial charge in [0.1, 0.15) is 11.6 Å². The van der Waals surface area contributed by atoms with E-state index < -0.39 is 0 Å². The van der Waals surface area contributed by atoms with Crippen molar-refractivity contribution in [2.75, 3.05) is 37.8 Å². The number of hydrogen-bond acceptors (Lipinski definition) is 5. The molecule has 0 saturated heterocycles. The second-order valence-electron chi connectivity index (χ2n) is 4.98. The van der Waals surface area contributed by atoms with Gasteiger partial charge in [-0.05, 0) is 51.3 Å². The molecule has 0 bridgehead atoms. The molecule has 0 fully saturated rings. The Kier molecular flexibility index (Phi) is 5.45. The molecule has 1 aromatic heterocycles. The van der Waals surface area contributed by atoms with Crippen molar-refractivity contribution in [1.82, 2.24) is 14.9 Å². The second kappa shape index (κ2) is 7.54. The highest BCUT2D eigenvalue weighted by Crippen LogP contribution is 2.15. The summed E-state index contributed by atoms with van der Waals surface area (Å²) < 4.78 is 13.1. The highest BCUT2D eigenvalue weighted by atomic mass is 19.1. The Balaban J connectivity index is 1.91. The van der Waals surface area contributed by atoms with Crippen molar-refractivity contribution in [3.8, 4) is 0 Å². The van der Waals surface area contributed by atoms with E-state index in [1.54, 1.807) is 18.3 Å². The number of benzene rings is 1. The van der Waals surface area contributed by atoms with Crippen LogP contribution >= 0.6 is 0 Å². The van der Waals surface area contributed by atoms with Crippen LogP contribution in [0.4, 0.5) is 21.8 Å². The third-order valence-corrected chi connectivity index (χ3v) is 2.82. The SMILES string of the molecule is CN(C)CCCNc1ccnc(Nc2cccc(F)c2)n1. The molecular weight excluding hydrogens is 269 g/mol. The highest BCUT2D eigenvalue weighted by molar-refractivity contribution is 5.54. The lowest BCUT2D eigenvalue weighted by Crippen LogP contribution is -2.16. The van der Waals surface area contributed by atoms with E-state index >= 15 is 0 Å². The van der Waals surface area contributed by atoms with Gasteiger partial charge >= 0.3 is 0 Å². The van der Waals surface area contributed by atoms with Crippen LogP contribution in [-0.4, -0.2) is 42.1 Å². The molecule has 0 aliphatic heterocycles. The zero-order valence-corrected chi connectivity index (χ0v) is 12.3. The minimum Gasteiger partial charge on any atom is -0.370 e. The fraction of sp³-hybridized carbons (Fsp3) is 0.333. The first-order valence-electron chi connectivity index (χ1n) is 6.88. The molecule has 1 heterocycles. The molecule has 21 heavy (non-hydrogen) atoms. The second-order valence-corrected chi connectivity index (χ2v) is 4.98. The quantitative estimate of drug-likeness (QED) is 0.768. The molecule has 0 atom stereocenters. The molecule has 0 aliphatic carbocycles. The van der Waals surface area contributed by atoms with Crippen molar-refractivity contribution in [3.05, 3.63) is 42.3 Å². The summed E-state index contributed by atoms with van der Waals surface area (Å²) in [6.07, 6.45) is 2.70. The van der Waals surface area contributed by atoms with Gasteiger partial charge in [0.15, 0.2) is 0 Å². The van der Waals surface area contributed by atoms with Crippen LogP contribution in [0.5, 0.6) is 0 Å². The van der Waals surface area contributed by atoms with Gasteiger partial charge in [-0.2, -0.15) is 4.98 Å². The monoisotopic (exact) mass is 289 g/mol. The van der Waals surface area contributed by atoms with Crippen LogP contribution in [-0.2, 0) is 0 Å². The van der Waals surface area contributed by atoms with Crippen molar-refractivity contribution in [1.29, 1.82) is 0 Å². The summed E-state index contributed by atoms with van der Waals surface area (Å²) in [6.45, 7) is 1.86. The molecule has 0 spiro atoms. The molecule has 0 unspecified atom stereocenters. The van der Waals surface area contributed by atoms with Crippen LogP contribution in [0.25, 0.3) is 0 Å². The summed E-state index contributed by atoms with van der Waals surface area (Å²) in [6, 6.07) is 8.02. The molecule has 2 N–H and O–H groups in total. The summed E-state index contributed by atoms with van der Waals surface area (Å²) in [5.74, 6) is 0.902. The molecule has 1 aromatic carbocycles. The predicted molar refractivity (Wildman–Crippen MR) is 83.4 cm³/mol. The lowest BCUT2D eigenvalue weighted by atomic mass is 10.3. The molecular formula is C15H20FN5. The Morgan fingerprint density at radius 2 is 2.10 bits per heavy atom. The lowest BCUT2D eigenvalue weighted by molar-refractivity contribution is 0.405. The lowest BCUT2D eigenvalue weighted by Gasteiger charge is -2.11. The molecule has 2 rings (SSSR count). The number of aromatic nitrogens is 2. The van der Waals surface area contributed by atoms with Crippen LogP contribution < -0.4 is 10.6 Å². The fourth-order valence-electron chi connectivity index (χ4n) is 1.82. The maximum atomic E-state index is 13.1. The maximum absolute atomic E-state index is 13.1. The van der Waals surface area contributed by atoms with E-state index in [0.29, 0.717) is 11.6 Å². The fourth-order valence-corrected chi connectivity index (χ4v) is 1.82. The zero-order valence-electron chi connectivity index (χ0n) is 12.3. The summed E-state index contributed by atoms with van der Waals surface area (Å²) in [5.41, 5.74) is 0.625. The third kappa shape index (κ3) is 5.35. The van der Waals surface area contributed by atoms with Gasteiger partial charge in [-0.15, -0.1) is 0 Å². The van der Waals surface area contributed by atoms with Crippen LogP contribution in [0, 0.1) is 5.82 Å². The van der Waals surface area contributed by atoms with Gasteiger partial charge in [0.05, 0.1) is 0 Å². The van der Waals surface area contributed by atoms with Crippen molar-refractivity contribution < 1.29 is 4.39 Å². The van der Waals surface area contributed by atoms with Gasteiger partial charge in [-0.1, -0.05) is 6.07 Å². The smallest absolute Gasteiger partial charge is 0.229 e. The molecule has 5 nitrogen and oxygen atoms in total. The Bertz CT molecular complexity index is 573. The number of halogens is 1. The predicted octanol–water partition coefficient (Wildman–Crippen LogP) is 2.72. The summed E-state index contributed by atoms with van der Waals surface area (Å²) in [7, 11) is 4.09. The number of rotatable bonds is 7. The van der Waals surface area contributed by atoms with Gasteiger partial charge < -0.3 is 15.5 Å². The van der Waals surface area contributed by atoms with E-state index in [9.17, 15) is 4.39 Å². The summed E-state index contributed by atoms with van der Waals surface area (Å²) in [5, 5.41) is 6.23. The first-order chi connectivity index (χ1) is 10.1. The largest absolute Gasteiger partial charge is 0.370 e. The zero-order chi connectivity index (χ0) is 15.1. The average molecular weight is 289 g/mol. The normalized spacial score (nSPS) is 10.7. The summed E-state index contributed by atoms with van der Waals surface area (Å²) in [4.78, 5) is 10.6. The van der Waals surface area contributed by atoms with E-state index in [-0.39, 0.29) is 5.82 Å². The van der Waals surface area contributed by atoms with Gasteiger partial charge in [-0.25, -0.2) is 9.37 Å². The van der Waals surface area contributed by atoms with Crippen LogP contribution in [0.1, 0.15) is 6.42 Å². The van der Waals surface area contributed by atoms with E-state index in [0.717, 1.165) is 25.3 Å². The minimum atomic E-state index is -0.294. The molecule has 112 valence electrons. The topological polar surface area (TPSA) is 53.1 Å². The van der Waals surface area contributed by atoms with Gasteiger partial charge in [-0.3, -0.25) is 0 Å². The minimum absolute atomic E-state index is 0.294. The van der Waals surface area contributed by atoms with E-state index in [4.69, 9.17) is 0 Å². The molecule has 0 saturated carbocycles. The van der Waals surface area contributed by atoms with Crippen molar-refractivity contribution >= 4 is 17.5 Å². The van der Waals surface area contributed by atoms with Crippen LogP contribution in [0.15, 0.2) is 36.5 Å². The Morgan fingerprint density at radius 3 is 2.86 bits per heavy atom. The third-order valence-electron chi connectivity index (χ3n) is 2.82. The highest BCUT2D eigenvalue weighted by Gasteiger charge is 2.01. The molecule has 0 radical (unpaired) electrons. The van der Waals surface area contributed by atoms with E-state index in [2.05, 4.69) is 25.5 Å². The van der Waals surface area contributed by atoms with E-state index in [1.165, 1.54) is 12.1 Å². The standard InChI is InChI=1S/C15H20FN5/c1-21(2)10-4-8-17-14-7-9-18-15(20-14)19-13-6-3-5-12(16)11-13/h3,5-7,9,11H,4,8,10H2,1-2H3,(H2,17,18,19,20). The first-order valence-corrected chi connectivity index (χ1v) is 6.88. The molecule has 2 aromatic rings. The molecule has 6 heteroatoms. The van der Waals surface area contributed by atoms with Crippen LogP contribution in [0.3, 0.4) is 0 Å². The first kappa shape index (κ1) is 15.2. The number of nitrogens with zero attached hydrogens (tertiary/aromatic N) is 3. The van der Waals surface area contributed by atoms with E-state index in [1.807, 2.05) is 20.2 Å². The average Bonchev–Trinajstić information content (AvgIpc) is 2.44. The van der Waals surface area contributed by atoms with Crippen molar-refractivity contribution in [3.63, 3.8) is 0 Å². The number of hydrogen-bond donors (Lipinski definition) is 2. The molecule has 0 aliphatic rings. The van der Waals surface area contributed by atoms with Crippen LogP contribution in [0.2, 0.25) is 0 Å². The summed E-state index contributed by atoms with van der Waals surface area (Å²) >= 11 is 0. The van der Waals surface area contributed by atoms with Gasteiger partial charge in [0.2, 0.25) is 5.95 Å². The Labute approximate surface area is 124 Å². The Hall–Kier alpha value is -2.21. The van der Waals surface area contributed by atoms with Crippen molar-refractivity contribution in [2.45, 2.75) is 6.42 Å². The maximum Gasteiger partial charge on any atom is 0.229 e. The van der Waals surface area contributed by atoms with Crippen molar-refractivity contribution in [2.24, 2.45) is 0 Å². The number of nitrogens with one attached hydrogen (secondary N) is 2. The Morgan fingerprint density at radius 1 is 1.24 bits per heavy atom. The molecule has 0 amide bonds. The van der Waals surface area contributed by atoms with Gasteiger partial charge in [0, 0.05) is 18.4 Å². The number of anilines is 3.